The maximum absolute atomic E-state index is 12.5. The van der Waals surface area contributed by atoms with Crippen LogP contribution >= 0.6 is 11.6 Å². The summed E-state index contributed by atoms with van der Waals surface area (Å²) in [6.07, 6.45) is 5.24. The van der Waals surface area contributed by atoms with E-state index in [4.69, 9.17) is 25.8 Å². The Bertz CT molecular complexity index is 795. The average molecular weight is 393 g/mol. The zero-order valence-electron chi connectivity index (χ0n) is 15.1. The van der Waals surface area contributed by atoms with Crippen LogP contribution in [-0.4, -0.2) is 49.4 Å². The van der Waals surface area contributed by atoms with Crippen molar-refractivity contribution in [1.82, 2.24) is 9.97 Å². The fourth-order valence-corrected chi connectivity index (χ4v) is 2.94. The van der Waals surface area contributed by atoms with Crippen LogP contribution in [0.1, 0.15) is 23.3 Å². The van der Waals surface area contributed by atoms with E-state index in [0.29, 0.717) is 34.6 Å². The first-order valence-electron chi connectivity index (χ1n) is 8.51. The lowest BCUT2D eigenvalue weighted by atomic mass is 10.2. The minimum Gasteiger partial charge on any atom is -0.495 e. The summed E-state index contributed by atoms with van der Waals surface area (Å²) in [6, 6.07) is 3.16. The van der Waals surface area contributed by atoms with Gasteiger partial charge in [0.05, 0.1) is 43.4 Å². The van der Waals surface area contributed by atoms with E-state index < -0.39 is 5.91 Å². The number of aromatic nitrogens is 2. The molecule has 0 spiro atoms. The molecular formula is C18H21ClN4O4. The first kappa shape index (κ1) is 19.2. The Balaban J connectivity index is 1.65. The number of carbonyl (C=O) groups is 1. The minimum absolute atomic E-state index is 0.175. The van der Waals surface area contributed by atoms with Gasteiger partial charge >= 0.3 is 0 Å². The summed E-state index contributed by atoms with van der Waals surface area (Å²) in [7, 11) is 2.98. The van der Waals surface area contributed by atoms with E-state index in [2.05, 4.69) is 20.6 Å². The third-order valence-electron chi connectivity index (χ3n) is 4.14. The molecule has 1 fully saturated rings. The largest absolute Gasteiger partial charge is 0.495 e. The molecule has 1 aromatic heterocycles. The quantitative estimate of drug-likeness (QED) is 0.747. The van der Waals surface area contributed by atoms with Gasteiger partial charge in [-0.25, -0.2) is 9.97 Å². The molecule has 1 saturated heterocycles. The number of hydrogen-bond acceptors (Lipinski definition) is 7. The van der Waals surface area contributed by atoms with Crippen molar-refractivity contribution < 1.29 is 19.0 Å². The predicted octanol–water partition coefficient (Wildman–Crippen LogP) is 2.99. The molecule has 0 bridgehead atoms. The lowest BCUT2D eigenvalue weighted by molar-refractivity contribution is 0.102. The van der Waals surface area contributed by atoms with Crippen LogP contribution in [0.25, 0.3) is 0 Å². The van der Waals surface area contributed by atoms with Crippen molar-refractivity contribution in [2.45, 2.75) is 18.9 Å². The number of benzene rings is 1. The van der Waals surface area contributed by atoms with Gasteiger partial charge in [-0.3, -0.25) is 4.79 Å². The van der Waals surface area contributed by atoms with Crippen LogP contribution in [0.3, 0.4) is 0 Å². The highest BCUT2D eigenvalue weighted by molar-refractivity contribution is 6.32. The zero-order chi connectivity index (χ0) is 19.2. The Morgan fingerprint density at radius 3 is 2.70 bits per heavy atom. The van der Waals surface area contributed by atoms with Gasteiger partial charge in [0.25, 0.3) is 5.91 Å². The Labute approximate surface area is 162 Å². The van der Waals surface area contributed by atoms with Gasteiger partial charge in [-0.15, -0.1) is 0 Å². The molecule has 1 amide bonds. The summed E-state index contributed by atoms with van der Waals surface area (Å²) in [5.41, 5.74) is 0.597. The monoisotopic (exact) mass is 392 g/mol. The molecule has 1 aliphatic rings. The van der Waals surface area contributed by atoms with Crippen LogP contribution in [0, 0.1) is 0 Å². The predicted molar refractivity (Wildman–Crippen MR) is 102 cm³/mol. The fourth-order valence-electron chi connectivity index (χ4n) is 2.70. The van der Waals surface area contributed by atoms with E-state index in [-0.39, 0.29) is 11.8 Å². The van der Waals surface area contributed by atoms with E-state index in [1.807, 2.05) is 0 Å². The number of nitrogens with one attached hydrogen (secondary N) is 2. The molecule has 1 aliphatic heterocycles. The molecule has 2 N–H and O–H groups in total. The number of amides is 1. The molecule has 0 radical (unpaired) electrons. The van der Waals surface area contributed by atoms with E-state index in [1.165, 1.54) is 26.6 Å². The summed E-state index contributed by atoms with van der Waals surface area (Å²) in [5, 5.41) is 6.27. The molecule has 0 saturated carbocycles. The van der Waals surface area contributed by atoms with Gasteiger partial charge in [0.1, 0.15) is 23.0 Å². The van der Waals surface area contributed by atoms with E-state index in [9.17, 15) is 4.79 Å². The molecule has 2 aromatic rings. The maximum Gasteiger partial charge on any atom is 0.275 e. The molecule has 9 heteroatoms. The van der Waals surface area contributed by atoms with Crippen molar-refractivity contribution in [2.24, 2.45) is 0 Å². The van der Waals surface area contributed by atoms with Crippen molar-refractivity contribution in [3.63, 3.8) is 0 Å². The van der Waals surface area contributed by atoms with E-state index in [1.54, 1.807) is 12.1 Å². The van der Waals surface area contributed by atoms with E-state index in [0.717, 1.165) is 19.4 Å². The highest BCUT2D eigenvalue weighted by atomic mass is 35.5. The van der Waals surface area contributed by atoms with Gasteiger partial charge in [0, 0.05) is 25.3 Å². The fraction of sp³-hybridized carbons (Fsp3) is 0.389. The highest BCUT2D eigenvalue weighted by Crippen LogP contribution is 2.36. The smallest absolute Gasteiger partial charge is 0.275 e. The second kappa shape index (κ2) is 8.88. The molecule has 3 rings (SSSR count). The summed E-state index contributed by atoms with van der Waals surface area (Å²) in [6.45, 7) is 1.47. The first-order valence-corrected chi connectivity index (χ1v) is 8.89. The van der Waals surface area contributed by atoms with Gasteiger partial charge in [-0.2, -0.15) is 0 Å². The van der Waals surface area contributed by atoms with Crippen LogP contribution in [0.2, 0.25) is 5.02 Å². The van der Waals surface area contributed by atoms with Gasteiger partial charge in [-0.1, -0.05) is 11.6 Å². The molecule has 27 heavy (non-hydrogen) atoms. The standard InChI is InChI=1S/C18H21ClN4O4/c1-25-15-7-13(16(26-2)6-12(15)19)23-18(24)14-9-22-17(10-20-14)21-8-11-4-3-5-27-11/h6-7,9-11H,3-5,8H2,1-2H3,(H,21,22)(H,23,24). The molecule has 2 heterocycles. The number of ether oxygens (including phenoxy) is 3. The summed E-state index contributed by atoms with van der Waals surface area (Å²) < 4.78 is 16.0. The topological polar surface area (TPSA) is 94.6 Å². The van der Waals surface area contributed by atoms with Crippen molar-refractivity contribution >= 4 is 29.0 Å². The summed E-state index contributed by atoms with van der Waals surface area (Å²) >= 11 is 6.07. The third-order valence-corrected chi connectivity index (χ3v) is 4.44. The van der Waals surface area contributed by atoms with Gasteiger partial charge in [0.2, 0.25) is 0 Å². The number of methoxy groups -OCH3 is 2. The van der Waals surface area contributed by atoms with Crippen LogP contribution in [0.4, 0.5) is 11.5 Å². The number of anilines is 2. The number of nitrogens with zero attached hydrogens (tertiary/aromatic N) is 2. The van der Waals surface area contributed by atoms with Crippen molar-refractivity contribution in [3.05, 3.63) is 35.2 Å². The van der Waals surface area contributed by atoms with Crippen LogP contribution in [-0.2, 0) is 4.74 Å². The van der Waals surface area contributed by atoms with Crippen molar-refractivity contribution in [1.29, 1.82) is 0 Å². The van der Waals surface area contributed by atoms with Crippen LogP contribution in [0.5, 0.6) is 11.5 Å². The Morgan fingerprint density at radius 2 is 2.07 bits per heavy atom. The van der Waals surface area contributed by atoms with Gasteiger partial charge in [0.15, 0.2) is 0 Å². The summed E-state index contributed by atoms with van der Waals surface area (Å²) in [5.74, 6) is 1.01. The number of halogens is 1. The Kier molecular flexibility index (Phi) is 6.31. The van der Waals surface area contributed by atoms with Crippen LogP contribution < -0.4 is 20.1 Å². The minimum atomic E-state index is -0.421. The second-order valence-electron chi connectivity index (χ2n) is 5.94. The Morgan fingerprint density at radius 1 is 1.26 bits per heavy atom. The second-order valence-corrected chi connectivity index (χ2v) is 6.35. The Hall–Kier alpha value is -2.58. The number of rotatable bonds is 7. The summed E-state index contributed by atoms with van der Waals surface area (Å²) in [4.78, 5) is 20.8. The van der Waals surface area contributed by atoms with Crippen LogP contribution in [0.15, 0.2) is 24.5 Å². The number of hydrogen-bond donors (Lipinski definition) is 2. The molecular weight excluding hydrogens is 372 g/mol. The SMILES string of the molecule is COc1cc(NC(=O)c2cnc(NCC3CCCO3)cn2)c(OC)cc1Cl. The molecule has 1 unspecified atom stereocenters. The first-order chi connectivity index (χ1) is 13.1. The normalized spacial score (nSPS) is 16.0. The molecule has 144 valence electrons. The molecule has 0 aliphatic carbocycles. The zero-order valence-corrected chi connectivity index (χ0v) is 15.9. The highest BCUT2D eigenvalue weighted by Gasteiger charge is 2.17. The molecule has 8 nitrogen and oxygen atoms in total. The average Bonchev–Trinajstić information content (AvgIpc) is 3.21. The molecule has 1 aromatic carbocycles. The van der Waals surface area contributed by atoms with Crippen molar-refractivity contribution in [3.8, 4) is 11.5 Å². The third kappa shape index (κ3) is 4.78. The van der Waals surface area contributed by atoms with Gasteiger partial charge < -0.3 is 24.8 Å². The lowest BCUT2D eigenvalue weighted by Gasteiger charge is -2.13. The molecule has 1 atom stereocenters. The lowest BCUT2D eigenvalue weighted by Crippen LogP contribution is -2.19. The van der Waals surface area contributed by atoms with E-state index >= 15 is 0 Å². The van der Waals surface area contributed by atoms with Crippen molar-refractivity contribution in [2.75, 3.05) is 38.0 Å². The number of carbonyl (C=O) groups excluding carboxylic acids is 1. The maximum atomic E-state index is 12.5. The van der Waals surface area contributed by atoms with Gasteiger partial charge in [-0.05, 0) is 12.8 Å².